The number of anilines is 1. The number of halogens is 1. The summed E-state index contributed by atoms with van der Waals surface area (Å²) in [7, 11) is 1.59. The highest BCUT2D eigenvalue weighted by Crippen LogP contribution is 2.37. The number of thiocarbonyl (C=S) groups is 1. The second kappa shape index (κ2) is 10.6. The van der Waals surface area contributed by atoms with Crippen LogP contribution in [0.25, 0.3) is 10.1 Å². The number of benzene rings is 2. The molecule has 0 radical (unpaired) electrons. The van der Waals surface area contributed by atoms with Crippen molar-refractivity contribution >= 4 is 61.9 Å². The quantitative estimate of drug-likeness (QED) is 0.357. The average Bonchev–Trinajstić information content (AvgIpc) is 3.08. The van der Waals surface area contributed by atoms with E-state index >= 15 is 0 Å². The Bertz CT molecular complexity index is 1040. The number of thiophene rings is 1. The monoisotopic (exact) mass is 464 g/mol. The van der Waals surface area contributed by atoms with E-state index < -0.39 is 0 Å². The van der Waals surface area contributed by atoms with Crippen molar-refractivity contribution in [3.63, 3.8) is 0 Å². The number of nitrogens with one attached hydrogen (secondary N) is 2. The maximum Gasteiger partial charge on any atom is 0.269 e. The third kappa shape index (κ3) is 5.60. The molecule has 0 fully saturated rings. The van der Waals surface area contributed by atoms with Crippen molar-refractivity contribution in [2.45, 2.75) is 6.92 Å². The fourth-order valence-electron chi connectivity index (χ4n) is 2.64. The van der Waals surface area contributed by atoms with E-state index in [1.54, 1.807) is 13.2 Å². The summed E-state index contributed by atoms with van der Waals surface area (Å²) < 4.78 is 16.9. The highest BCUT2D eigenvalue weighted by Gasteiger charge is 2.18. The highest BCUT2D eigenvalue weighted by atomic mass is 35.5. The van der Waals surface area contributed by atoms with Crippen LogP contribution in [0.5, 0.6) is 11.5 Å². The van der Waals surface area contributed by atoms with E-state index in [1.807, 2.05) is 43.3 Å². The molecule has 0 spiro atoms. The lowest BCUT2D eigenvalue weighted by Gasteiger charge is -2.10. The molecule has 9 heteroatoms. The minimum Gasteiger partial charge on any atom is -0.497 e. The number of fused-ring (bicyclic) bond motifs is 1. The normalized spacial score (nSPS) is 10.6. The van der Waals surface area contributed by atoms with Crippen LogP contribution < -0.4 is 20.1 Å². The Morgan fingerprint density at radius 2 is 1.87 bits per heavy atom. The topological polar surface area (TPSA) is 68.8 Å². The van der Waals surface area contributed by atoms with Gasteiger partial charge in [0.1, 0.15) is 23.0 Å². The summed E-state index contributed by atoms with van der Waals surface area (Å²) >= 11 is 12.9. The number of hydrogen-bond donors (Lipinski definition) is 2. The lowest BCUT2D eigenvalue weighted by atomic mass is 10.2. The van der Waals surface area contributed by atoms with Crippen molar-refractivity contribution in [3.05, 3.63) is 52.4 Å². The van der Waals surface area contributed by atoms with Crippen molar-refractivity contribution in [3.8, 4) is 11.5 Å². The summed E-state index contributed by atoms with van der Waals surface area (Å²) in [6.45, 7) is 3.63. The molecule has 0 aliphatic rings. The predicted octanol–water partition coefficient (Wildman–Crippen LogP) is 5.11. The van der Waals surface area contributed by atoms with Gasteiger partial charge in [-0.1, -0.05) is 11.6 Å². The maximum atomic E-state index is 12.6. The summed E-state index contributed by atoms with van der Waals surface area (Å²) in [5, 5.41) is 7.01. The molecule has 2 aromatic carbocycles. The van der Waals surface area contributed by atoms with Crippen LogP contribution in [0.4, 0.5) is 5.69 Å². The number of carbonyl (C=O) groups excluding carboxylic acids is 1. The Hall–Kier alpha value is -2.39. The molecule has 0 aliphatic carbocycles. The highest BCUT2D eigenvalue weighted by molar-refractivity contribution is 7.80. The van der Waals surface area contributed by atoms with E-state index in [9.17, 15) is 4.79 Å². The molecule has 2 N–H and O–H groups in total. The fourth-order valence-corrected chi connectivity index (χ4v) is 4.29. The first-order valence-corrected chi connectivity index (χ1v) is 10.8. The number of ether oxygens (including phenoxy) is 3. The first kappa shape index (κ1) is 22.3. The Kier molecular flexibility index (Phi) is 7.87. The van der Waals surface area contributed by atoms with Gasteiger partial charge in [-0.25, -0.2) is 0 Å². The van der Waals surface area contributed by atoms with E-state index in [0.717, 1.165) is 21.5 Å². The Balaban J connectivity index is 1.59. The zero-order chi connectivity index (χ0) is 21.5. The second-order valence-corrected chi connectivity index (χ2v) is 7.92. The Labute approximate surface area is 189 Å². The molecule has 0 unspecified atom stereocenters. The van der Waals surface area contributed by atoms with Gasteiger partial charge in [0.05, 0.1) is 18.7 Å². The van der Waals surface area contributed by atoms with Gasteiger partial charge in [-0.05, 0) is 61.6 Å². The first-order chi connectivity index (χ1) is 14.5. The molecule has 0 saturated carbocycles. The number of amides is 1. The molecule has 6 nitrogen and oxygen atoms in total. The summed E-state index contributed by atoms with van der Waals surface area (Å²) in [4.78, 5) is 13.0. The number of hydrogen-bond acceptors (Lipinski definition) is 6. The number of methoxy groups -OCH3 is 1. The van der Waals surface area contributed by atoms with Crippen LogP contribution in [0, 0.1) is 0 Å². The lowest BCUT2D eigenvalue weighted by Crippen LogP contribution is -2.33. The van der Waals surface area contributed by atoms with Gasteiger partial charge in [-0.2, -0.15) is 0 Å². The van der Waals surface area contributed by atoms with Crippen molar-refractivity contribution in [1.82, 2.24) is 5.32 Å². The first-order valence-electron chi connectivity index (χ1n) is 9.20. The summed E-state index contributed by atoms with van der Waals surface area (Å²) in [5.41, 5.74) is 0.727. The molecule has 1 aromatic heterocycles. The van der Waals surface area contributed by atoms with Gasteiger partial charge in [0.15, 0.2) is 5.11 Å². The van der Waals surface area contributed by atoms with Crippen LogP contribution in [0.2, 0.25) is 5.02 Å². The summed E-state index contributed by atoms with van der Waals surface area (Å²) in [5.74, 6) is 1.06. The van der Waals surface area contributed by atoms with Crippen molar-refractivity contribution in [2.24, 2.45) is 0 Å². The van der Waals surface area contributed by atoms with Crippen molar-refractivity contribution in [2.75, 3.05) is 32.2 Å². The minimum absolute atomic E-state index is 0.177. The summed E-state index contributed by atoms with van der Waals surface area (Å²) in [6, 6.07) is 12.7. The van der Waals surface area contributed by atoms with Crippen molar-refractivity contribution in [1.29, 1.82) is 0 Å². The fraction of sp³-hybridized carbons (Fsp3) is 0.238. The number of rotatable bonds is 8. The van der Waals surface area contributed by atoms with Gasteiger partial charge in [-0.15, -0.1) is 11.3 Å². The van der Waals surface area contributed by atoms with Gasteiger partial charge in [0.25, 0.3) is 5.91 Å². The molecule has 0 atom stereocenters. The van der Waals surface area contributed by atoms with Gasteiger partial charge >= 0.3 is 0 Å². The molecule has 0 saturated heterocycles. The molecule has 30 heavy (non-hydrogen) atoms. The SMILES string of the molecule is CCOCCOc1ccc(NC(=S)NC(=O)c2sc3cc(OC)ccc3c2Cl)cc1. The molecule has 1 heterocycles. The van der Waals surface area contributed by atoms with Crippen LogP contribution in [0.1, 0.15) is 16.6 Å². The number of carbonyl (C=O) groups is 1. The van der Waals surface area contributed by atoms with Gasteiger partial charge in [0, 0.05) is 22.4 Å². The van der Waals surface area contributed by atoms with E-state index in [2.05, 4.69) is 10.6 Å². The Morgan fingerprint density at radius 1 is 1.13 bits per heavy atom. The molecule has 158 valence electrons. The molecule has 0 bridgehead atoms. The molecular formula is C21H21ClN2O4S2. The van der Waals surface area contributed by atoms with Crippen LogP contribution >= 0.6 is 35.2 Å². The standard InChI is InChI=1S/C21H21ClN2O4S2/c1-3-27-10-11-28-14-6-4-13(5-7-14)23-21(29)24-20(25)19-18(22)16-9-8-15(26-2)12-17(16)30-19/h4-9,12H,3,10-11H2,1-2H3,(H2,23,24,25,29). The van der Waals surface area contributed by atoms with E-state index in [1.165, 1.54) is 11.3 Å². The van der Waals surface area contributed by atoms with Crippen LogP contribution in [0.15, 0.2) is 42.5 Å². The van der Waals surface area contributed by atoms with Gasteiger partial charge in [-0.3, -0.25) is 10.1 Å². The zero-order valence-corrected chi connectivity index (χ0v) is 18.9. The minimum atomic E-state index is -0.367. The molecular weight excluding hydrogens is 444 g/mol. The van der Waals surface area contributed by atoms with E-state index in [-0.39, 0.29) is 11.0 Å². The lowest BCUT2D eigenvalue weighted by molar-refractivity contribution is 0.0982. The summed E-state index contributed by atoms with van der Waals surface area (Å²) in [6.07, 6.45) is 0. The van der Waals surface area contributed by atoms with Gasteiger partial charge in [0.2, 0.25) is 0 Å². The van der Waals surface area contributed by atoms with Crippen LogP contribution in [-0.4, -0.2) is 38.0 Å². The predicted molar refractivity (Wildman–Crippen MR) is 126 cm³/mol. The van der Waals surface area contributed by atoms with E-state index in [0.29, 0.717) is 35.5 Å². The average molecular weight is 465 g/mol. The zero-order valence-electron chi connectivity index (χ0n) is 16.5. The molecule has 3 aromatic rings. The van der Waals surface area contributed by atoms with E-state index in [4.69, 9.17) is 38.0 Å². The molecule has 3 rings (SSSR count). The van der Waals surface area contributed by atoms with Gasteiger partial charge < -0.3 is 19.5 Å². The maximum absolute atomic E-state index is 12.6. The third-order valence-corrected chi connectivity index (χ3v) is 5.94. The third-order valence-electron chi connectivity index (χ3n) is 4.08. The molecule has 0 aliphatic heterocycles. The molecule has 1 amide bonds. The second-order valence-electron chi connectivity index (χ2n) is 6.09. The smallest absolute Gasteiger partial charge is 0.269 e. The van der Waals surface area contributed by atoms with Crippen LogP contribution in [-0.2, 0) is 4.74 Å². The largest absolute Gasteiger partial charge is 0.497 e. The van der Waals surface area contributed by atoms with Crippen molar-refractivity contribution < 1.29 is 19.0 Å². The van der Waals surface area contributed by atoms with Crippen LogP contribution in [0.3, 0.4) is 0 Å². The Morgan fingerprint density at radius 3 is 2.57 bits per heavy atom.